The van der Waals surface area contributed by atoms with E-state index in [0.717, 1.165) is 6.42 Å². The van der Waals surface area contributed by atoms with Crippen molar-refractivity contribution in [2.24, 2.45) is 11.5 Å². The molecule has 1 aliphatic rings. The van der Waals surface area contributed by atoms with Crippen molar-refractivity contribution in [1.82, 2.24) is 10.1 Å². The van der Waals surface area contributed by atoms with Gasteiger partial charge in [0.05, 0.1) is 5.92 Å². The minimum absolute atomic E-state index is 0.00519. The van der Waals surface area contributed by atoms with Crippen LogP contribution >= 0.6 is 0 Å². The second kappa shape index (κ2) is 3.22. The number of nitrogens with zero attached hydrogens (tertiary/aromatic N) is 2. The number of allylic oxidation sites excluding steroid dienone is 1. The first-order valence-corrected chi connectivity index (χ1v) is 4.24. The van der Waals surface area contributed by atoms with E-state index in [9.17, 15) is 4.79 Å². The Morgan fingerprint density at radius 3 is 2.86 bits per heavy atom. The Morgan fingerprint density at radius 1 is 1.57 bits per heavy atom. The number of rotatable bonds is 2. The van der Waals surface area contributed by atoms with E-state index in [2.05, 4.69) is 10.1 Å². The lowest BCUT2D eigenvalue weighted by atomic mass is 10.1. The fourth-order valence-electron chi connectivity index (χ4n) is 1.40. The zero-order chi connectivity index (χ0) is 10.1. The van der Waals surface area contributed by atoms with Crippen LogP contribution in [0.3, 0.4) is 0 Å². The molecule has 1 aromatic rings. The molecule has 2 atom stereocenters. The van der Waals surface area contributed by atoms with Crippen molar-refractivity contribution < 1.29 is 9.32 Å². The summed E-state index contributed by atoms with van der Waals surface area (Å²) < 4.78 is 4.89. The highest BCUT2D eigenvalue weighted by molar-refractivity contribution is 5.88. The molecule has 0 bridgehead atoms. The molecule has 0 saturated heterocycles. The molecule has 6 nitrogen and oxygen atoms in total. The molecule has 0 spiro atoms. The SMILES string of the molecule is NC(=O)c1noc(C2C=CC(N)C2)n1. The van der Waals surface area contributed by atoms with Gasteiger partial charge in [-0.15, -0.1) is 0 Å². The first-order valence-electron chi connectivity index (χ1n) is 4.24. The van der Waals surface area contributed by atoms with E-state index in [1.54, 1.807) is 0 Å². The Kier molecular flexibility index (Phi) is 2.05. The maximum atomic E-state index is 10.7. The molecule has 2 unspecified atom stereocenters. The maximum Gasteiger partial charge on any atom is 0.290 e. The Labute approximate surface area is 80.0 Å². The molecule has 2 rings (SSSR count). The zero-order valence-electron chi connectivity index (χ0n) is 7.38. The number of nitrogens with two attached hydrogens (primary N) is 2. The van der Waals surface area contributed by atoms with Gasteiger partial charge in [-0.3, -0.25) is 4.79 Å². The van der Waals surface area contributed by atoms with Crippen molar-refractivity contribution in [2.45, 2.75) is 18.4 Å². The molecule has 4 N–H and O–H groups in total. The molecule has 1 aliphatic carbocycles. The zero-order valence-corrected chi connectivity index (χ0v) is 7.38. The summed E-state index contributed by atoms with van der Waals surface area (Å²) in [4.78, 5) is 14.6. The van der Waals surface area contributed by atoms with Crippen molar-refractivity contribution >= 4 is 5.91 Å². The quantitative estimate of drug-likeness (QED) is 0.619. The minimum atomic E-state index is -0.689. The van der Waals surface area contributed by atoms with Crippen LogP contribution in [0.25, 0.3) is 0 Å². The van der Waals surface area contributed by atoms with Gasteiger partial charge < -0.3 is 16.0 Å². The third-order valence-corrected chi connectivity index (χ3v) is 2.10. The maximum absolute atomic E-state index is 10.7. The van der Waals surface area contributed by atoms with Gasteiger partial charge in [0.25, 0.3) is 11.7 Å². The van der Waals surface area contributed by atoms with Crippen molar-refractivity contribution in [3.63, 3.8) is 0 Å². The summed E-state index contributed by atoms with van der Waals surface area (Å²) in [6.45, 7) is 0. The van der Waals surface area contributed by atoms with Crippen LogP contribution in [0, 0.1) is 0 Å². The van der Waals surface area contributed by atoms with Crippen LogP contribution in [0.5, 0.6) is 0 Å². The molecule has 0 fully saturated rings. The largest absolute Gasteiger partial charge is 0.363 e. The molecule has 1 amide bonds. The van der Waals surface area contributed by atoms with E-state index in [4.69, 9.17) is 16.0 Å². The van der Waals surface area contributed by atoms with Crippen LogP contribution < -0.4 is 11.5 Å². The van der Waals surface area contributed by atoms with Gasteiger partial charge in [0.1, 0.15) is 0 Å². The normalized spacial score (nSPS) is 25.5. The summed E-state index contributed by atoms with van der Waals surface area (Å²) >= 11 is 0. The Hall–Kier alpha value is -1.69. The van der Waals surface area contributed by atoms with E-state index < -0.39 is 5.91 Å². The van der Waals surface area contributed by atoms with E-state index in [0.29, 0.717) is 5.89 Å². The predicted molar refractivity (Wildman–Crippen MR) is 47.3 cm³/mol. The van der Waals surface area contributed by atoms with Crippen LogP contribution in [0.4, 0.5) is 0 Å². The van der Waals surface area contributed by atoms with Crippen LogP contribution in [-0.4, -0.2) is 22.1 Å². The standard InChI is InChI=1S/C8H10N4O2/c9-5-2-1-4(3-5)8-11-7(6(10)13)12-14-8/h1-2,4-5H,3,9H2,(H2,10,13). The number of primary amides is 1. The van der Waals surface area contributed by atoms with Gasteiger partial charge in [0.2, 0.25) is 5.89 Å². The second-order valence-electron chi connectivity index (χ2n) is 3.21. The lowest BCUT2D eigenvalue weighted by molar-refractivity contribution is 0.0987. The lowest BCUT2D eigenvalue weighted by Gasteiger charge is -2.01. The van der Waals surface area contributed by atoms with Crippen molar-refractivity contribution in [3.8, 4) is 0 Å². The molecule has 74 valence electrons. The third-order valence-electron chi connectivity index (χ3n) is 2.10. The molecule has 6 heteroatoms. The number of hydrogen-bond acceptors (Lipinski definition) is 5. The Bertz CT molecular complexity index is 384. The molecular weight excluding hydrogens is 184 g/mol. The fourth-order valence-corrected chi connectivity index (χ4v) is 1.40. The Morgan fingerprint density at radius 2 is 2.36 bits per heavy atom. The van der Waals surface area contributed by atoms with E-state index in [1.165, 1.54) is 0 Å². The fraction of sp³-hybridized carbons (Fsp3) is 0.375. The smallest absolute Gasteiger partial charge is 0.290 e. The molecule has 0 aromatic carbocycles. The van der Waals surface area contributed by atoms with Gasteiger partial charge in [0.15, 0.2) is 0 Å². The average molecular weight is 194 g/mol. The van der Waals surface area contributed by atoms with E-state index in [-0.39, 0.29) is 17.8 Å². The predicted octanol–water partition coefficient (Wildman–Crippen LogP) is -0.461. The molecule has 0 saturated carbocycles. The molecule has 14 heavy (non-hydrogen) atoms. The number of hydrogen-bond donors (Lipinski definition) is 2. The summed E-state index contributed by atoms with van der Waals surface area (Å²) in [6, 6.07) is 0.0175. The summed E-state index contributed by atoms with van der Waals surface area (Å²) in [5.41, 5.74) is 10.6. The van der Waals surface area contributed by atoms with Crippen molar-refractivity contribution in [2.75, 3.05) is 0 Å². The van der Waals surface area contributed by atoms with Gasteiger partial charge in [-0.2, -0.15) is 4.98 Å². The van der Waals surface area contributed by atoms with Gasteiger partial charge in [-0.1, -0.05) is 17.3 Å². The number of carbonyl (C=O) groups is 1. The second-order valence-corrected chi connectivity index (χ2v) is 3.21. The lowest BCUT2D eigenvalue weighted by Crippen LogP contribution is -2.15. The highest BCUT2D eigenvalue weighted by Gasteiger charge is 2.23. The molecule has 0 radical (unpaired) electrons. The van der Waals surface area contributed by atoms with E-state index >= 15 is 0 Å². The van der Waals surface area contributed by atoms with Gasteiger partial charge in [-0.05, 0) is 6.42 Å². The minimum Gasteiger partial charge on any atom is -0.363 e. The van der Waals surface area contributed by atoms with Crippen molar-refractivity contribution in [3.05, 3.63) is 23.9 Å². The molecule has 1 aromatic heterocycles. The number of carbonyl (C=O) groups excluding carboxylic acids is 1. The van der Waals surface area contributed by atoms with Gasteiger partial charge >= 0.3 is 0 Å². The highest BCUT2D eigenvalue weighted by atomic mass is 16.5. The summed E-state index contributed by atoms with van der Waals surface area (Å²) in [6.07, 6.45) is 4.49. The first kappa shape index (κ1) is 8.89. The highest BCUT2D eigenvalue weighted by Crippen LogP contribution is 2.26. The molecule has 0 aliphatic heterocycles. The van der Waals surface area contributed by atoms with Gasteiger partial charge in [0, 0.05) is 6.04 Å². The van der Waals surface area contributed by atoms with Crippen LogP contribution in [0.1, 0.15) is 28.8 Å². The van der Waals surface area contributed by atoms with E-state index in [1.807, 2.05) is 12.2 Å². The third kappa shape index (κ3) is 1.51. The van der Waals surface area contributed by atoms with Crippen LogP contribution in [0.2, 0.25) is 0 Å². The monoisotopic (exact) mass is 194 g/mol. The average Bonchev–Trinajstić information content (AvgIpc) is 2.70. The number of aromatic nitrogens is 2. The summed E-state index contributed by atoms with van der Waals surface area (Å²) in [7, 11) is 0. The molecular formula is C8H10N4O2. The van der Waals surface area contributed by atoms with Gasteiger partial charge in [-0.25, -0.2) is 0 Å². The first-order chi connectivity index (χ1) is 6.66. The van der Waals surface area contributed by atoms with Crippen LogP contribution in [-0.2, 0) is 0 Å². The Balaban J connectivity index is 2.18. The van der Waals surface area contributed by atoms with Crippen molar-refractivity contribution in [1.29, 1.82) is 0 Å². The molecule has 1 heterocycles. The summed E-state index contributed by atoms with van der Waals surface area (Å²) in [5.74, 6) is -0.381. The number of amides is 1. The topological polar surface area (TPSA) is 108 Å². The van der Waals surface area contributed by atoms with Crippen LogP contribution in [0.15, 0.2) is 16.7 Å². The summed E-state index contributed by atoms with van der Waals surface area (Å²) in [5, 5.41) is 3.45.